The Kier molecular flexibility index (Phi) is 11.9. The molecule has 22 heavy (non-hydrogen) atoms. The number of aliphatic hydroxyl groups excluding tert-OH is 1. The van der Waals surface area contributed by atoms with Crippen LogP contribution in [0.5, 0.6) is 5.75 Å². The first-order valence-corrected chi connectivity index (χ1v) is 7.53. The number of rotatable bonds is 9. The Morgan fingerprint density at radius 1 is 1.36 bits per heavy atom. The van der Waals surface area contributed by atoms with Gasteiger partial charge in [-0.3, -0.25) is 4.99 Å². The molecule has 0 aliphatic carbocycles. The van der Waals surface area contributed by atoms with E-state index in [1.165, 1.54) is 19.3 Å². The molecule has 0 bridgehead atoms. The monoisotopic (exact) mass is 421 g/mol. The molecule has 1 rings (SSSR count). The van der Waals surface area contributed by atoms with Gasteiger partial charge in [0, 0.05) is 6.54 Å². The Balaban J connectivity index is 0.00000441. The molecule has 0 saturated heterocycles. The summed E-state index contributed by atoms with van der Waals surface area (Å²) in [5.74, 6) is 1.10. The van der Waals surface area contributed by atoms with Gasteiger partial charge in [0.1, 0.15) is 5.75 Å². The van der Waals surface area contributed by atoms with Gasteiger partial charge < -0.3 is 20.9 Å². The normalized spacial score (nSPS) is 12.4. The molecule has 0 heterocycles. The molecule has 0 aliphatic rings. The molecule has 1 aromatic carbocycles. The number of nitrogens with one attached hydrogen (secondary N) is 1. The lowest BCUT2D eigenvalue weighted by molar-refractivity contribution is 0.186. The van der Waals surface area contributed by atoms with Crippen LogP contribution in [0.2, 0.25) is 0 Å². The predicted octanol–water partition coefficient (Wildman–Crippen LogP) is 2.83. The van der Waals surface area contributed by atoms with Gasteiger partial charge in [0.05, 0.1) is 19.8 Å². The molecule has 0 saturated carbocycles. The molecule has 1 atom stereocenters. The van der Waals surface area contributed by atoms with E-state index in [1.807, 2.05) is 18.2 Å². The third-order valence-corrected chi connectivity index (χ3v) is 3.25. The number of aliphatic hydroxyl groups is 1. The van der Waals surface area contributed by atoms with Gasteiger partial charge in [-0.25, -0.2) is 0 Å². The summed E-state index contributed by atoms with van der Waals surface area (Å²) in [5, 5.41) is 13.1. The van der Waals surface area contributed by atoms with Crippen LogP contribution in [0.1, 0.15) is 44.3 Å². The van der Waals surface area contributed by atoms with Crippen molar-refractivity contribution in [1.82, 2.24) is 5.32 Å². The van der Waals surface area contributed by atoms with Gasteiger partial charge in [0.2, 0.25) is 0 Å². The van der Waals surface area contributed by atoms with Crippen molar-refractivity contribution in [1.29, 1.82) is 0 Å². The van der Waals surface area contributed by atoms with Crippen molar-refractivity contribution >= 4 is 29.9 Å². The Morgan fingerprint density at radius 2 is 2.14 bits per heavy atom. The van der Waals surface area contributed by atoms with E-state index < -0.39 is 6.10 Å². The van der Waals surface area contributed by atoms with Crippen molar-refractivity contribution in [3.8, 4) is 5.75 Å². The second-order valence-electron chi connectivity index (χ2n) is 5.01. The number of guanidine groups is 1. The molecular weight excluding hydrogens is 393 g/mol. The molecular formula is C16H28IN3O2. The van der Waals surface area contributed by atoms with Gasteiger partial charge in [-0.2, -0.15) is 0 Å². The van der Waals surface area contributed by atoms with Crippen LogP contribution in [0.4, 0.5) is 0 Å². The Hall–Kier alpha value is -1.02. The number of unbranched alkanes of at least 4 members (excludes halogenated alkanes) is 3. The summed E-state index contributed by atoms with van der Waals surface area (Å²) in [5.41, 5.74) is 6.55. The number of halogens is 1. The minimum Gasteiger partial charge on any atom is -0.497 e. The van der Waals surface area contributed by atoms with Crippen LogP contribution >= 0.6 is 24.0 Å². The molecule has 1 aromatic rings. The number of methoxy groups -OCH3 is 1. The Morgan fingerprint density at radius 3 is 2.82 bits per heavy atom. The van der Waals surface area contributed by atoms with Crippen molar-refractivity contribution in [2.75, 3.05) is 20.2 Å². The zero-order valence-electron chi connectivity index (χ0n) is 13.4. The smallest absolute Gasteiger partial charge is 0.188 e. The topological polar surface area (TPSA) is 79.9 Å². The summed E-state index contributed by atoms with van der Waals surface area (Å²) in [7, 11) is 1.60. The number of hydrogen-bond acceptors (Lipinski definition) is 3. The zero-order chi connectivity index (χ0) is 15.5. The fourth-order valence-corrected chi connectivity index (χ4v) is 1.96. The van der Waals surface area contributed by atoms with E-state index in [4.69, 9.17) is 10.5 Å². The average molecular weight is 421 g/mol. The fraction of sp³-hybridized carbons (Fsp3) is 0.562. The van der Waals surface area contributed by atoms with Gasteiger partial charge in [0.15, 0.2) is 5.96 Å². The molecule has 0 spiro atoms. The molecule has 4 N–H and O–H groups in total. The molecule has 0 amide bonds. The van der Waals surface area contributed by atoms with Gasteiger partial charge in [-0.05, 0) is 24.1 Å². The third kappa shape index (κ3) is 8.43. The summed E-state index contributed by atoms with van der Waals surface area (Å²) in [6.45, 7) is 3.24. The van der Waals surface area contributed by atoms with Gasteiger partial charge >= 0.3 is 0 Å². The SMILES string of the molecule is CCCCCCNC(N)=NCC(O)c1cccc(OC)c1.I. The average Bonchev–Trinajstić information content (AvgIpc) is 2.52. The molecule has 1 unspecified atom stereocenters. The highest BCUT2D eigenvalue weighted by Gasteiger charge is 2.07. The predicted molar refractivity (Wildman–Crippen MR) is 102 cm³/mol. The highest BCUT2D eigenvalue weighted by Crippen LogP contribution is 2.19. The third-order valence-electron chi connectivity index (χ3n) is 3.25. The van der Waals surface area contributed by atoms with Crippen LogP contribution in [0, 0.1) is 0 Å². The van der Waals surface area contributed by atoms with Crippen LogP contribution in [-0.2, 0) is 0 Å². The summed E-state index contributed by atoms with van der Waals surface area (Å²) >= 11 is 0. The molecule has 0 aromatic heterocycles. The maximum atomic E-state index is 10.1. The maximum absolute atomic E-state index is 10.1. The van der Waals surface area contributed by atoms with Crippen molar-refractivity contribution in [3.05, 3.63) is 29.8 Å². The van der Waals surface area contributed by atoms with Crippen LogP contribution in [0.3, 0.4) is 0 Å². The number of nitrogens with zero attached hydrogens (tertiary/aromatic N) is 1. The second-order valence-corrected chi connectivity index (χ2v) is 5.01. The van der Waals surface area contributed by atoms with Gasteiger partial charge in [-0.1, -0.05) is 38.3 Å². The summed E-state index contributed by atoms with van der Waals surface area (Å²) in [6, 6.07) is 7.33. The van der Waals surface area contributed by atoms with Gasteiger partial charge in [0.25, 0.3) is 0 Å². The van der Waals surface area contributed by atoms with Crippen molar-refractivity contribution in [2.45, 2.75) is 38.7 Å². The van der Waals surface area contributed by atoms with E-state index in [9.17, 15) is 5.11 Å². The van der Waals surface area contributed by atoms with Crippen molar-refractivity contribution in [2.24, 2.45) is 10.7 Å². The standard InChI is InChI=1S/C16H27N3O2.HI/c1-3-4-5-6-10-18-16(17)19-12-15(20)13-8-7-9-14(11-13)21-2;/h7-9,11,15,20H,3-6,10,12H2,1-2H3,(H3,17,18,19);1H. The summed E-state index contributed by atoms with van der Waals surface area (Å²) in [6.07, 6.45) is 4.07. The number of aliphatic imine (C=N–C) groups is 1. The summed E-state index contributed by atoms with van der Waals surface area (Å²) in [4.78, 5) is 4.17. The first-order chi connectivity index (χ1) is 10.2. The molecule has 126 valence electrons. The maximum Gasteiger partial charge on any atom is 0.188 e. The highest BCUT2D eigenvalue weighted by molar-refractivity contribution is 14.0. The van der Waals surface area contributed by atoms with Crippen LogP contribution in [0.25, 0.3) is 0 Å². The van der Waals surface area contributed by atoms with E-state index in [2.05, 4.69) is 17.2 Å². The zero-order valence-corrected chi connectivity index (χ0v) is 15.7. The molecule has 0 aliphatic heterocycles. The quantitative estimate of drug-likeness (QED) is 0.248. The van der Waals surface area contributed by atoms with Crippen molar-refractivity contribution in [3.63, 3.8) is 0 Å². The second kappa shape index (κ2) is 12.5. The van der Waals surface area contributed by atoms with E-state index in [1.54, 1.807) is 13.2 Å². The fourth-order valence-electron chi connectivity index (χ4n) is 1.96. The lowest BCUT2D eigenvalue weighted by Gasteiger charge is -2.11. The van der Waals surface area contributed by atoms with E-state index in [-0.39, 0.29) is 30.5 Å². The number of ether oxygens (including phenoxy) is 1. The van der Waals surface area contributed by atoms with Crippen LogP contribution in [0.15, 0.2) is 29.3 Å². The van der Waals surface area contributed by atoms with Crippen molar-refractivity contribution < 1.29 is 9.84 Å². The van der Waals surface area contributed by atoms with Crippen LogP contribution < -0.4 is 15.8 Å². The molecule has 6 heteroatoms. The van der Waals surface area contributed by atoms with E-state index in [0.29, 0.717) is 5.96 Å². The lowest BCUT2D eigenvalue weighted by atomic mass is 10.1. The molecule has 5 nitrogen and oxygen atoms in total. The first-order valence-electron chi connectivity index (χ1n) is 7.53. The minimum atomic E-state index is -0.680. The number of hydrogen-bond donors (Lipinski definition) is 3. The van der Waals surface area contributed by atoms with Crippen LogP contribution in [-0.4, -0.2) is 31.3 Å². The van der Waals surface area contributed by atoms with E-state index >= 15 is 0 Å². The minimum absolute atomic E-state index is 0. The lowest BCUT2D eigenvalue weighted by Crippen LogP contribution is -2.32. The summed E-state index contributed by atoms with van der Waals surface area (Å²) < 4.78 is 5.13. The number of benzene rings is 1. The number of nitrogens with two attached hydrogens (primary N) is 1. The molecule has 0 radical (unpaired) electrons. The first kappa shape index (κ1) is 21.0. The largest absolute Gasteiger partial charge is 0.497 e. The highest BCUT2D eigenvalue weighted by atomic mass is 127. The molecule has 0 fully saturated rings. The van der Waals surface area contributed by atoms with Gasteiger partial charge in [-0.15, -0.1) is 24.0 Å². The Bertz CT molecular complexity index is 441. The van der Waals surface area contributed by atoms with E-state index in [0.717, 1.165) is 24.3 Å². The Labute approximate surface area is 150 Å².